The number of anilines is 3. The minimum atomic E-state index is -0.641. The molecule has 5 heterocycles. The van der Waals surface area contributed by atoms with Crippen molar-refractivity contribution in [2.75, 3.05) is 54.4 Å². The molecule has 11 nitrogen and oxygen atoms in total. The molecule has 8 rings (SSSR count). The average Bonchev–Trinajstić information content (AvgIpc) is 3.03. The van der Waals surface area contributed by atoms with Gasteiger partial charge in [0.2, 0.25) is 5.95 Å². The molecule has 3 aliphatic heterocycles. The third-order valence-electron chi connectivity index (χ3n) is 11.5. The van der Waals surface area contributed by atoms with E-state index >= 15 is 0 Å². The fourth-order valence-corrected chi connectivity index (χ4v) is 8.67. The van der Waals surface area contributed by atoms with E-state index in [9.17, 15) is 15.0 Å². The second-order valence-corrected chi connectivity index (χ2v) is 13.6. The number of benzene rings is 1. The van der Waals surface area contributed by atoms with E-state index in [4.69, 9.17) is 9.97 Å². The summed E-state index contributed by atoms with van der Waals surface area (Å²) in [7, 11) is 0. The molecule has 2 saturated heterocycles. The Labute approximate surface area is 257 Å². The maximum atomic E-state index is 11.4. The van der Waals surface area contributed by atoms with Crippen LogP contribution in [0.1, 0.15) is 50.5 Å². The van der Waals surface area contributed by atoms with Crippen molar-refractivity contribution in [1.29, 1.82) is 0 Å². The number of aromatic hydroxyl groups is 1. The van der Waals surface area contributed by atoms with E-state index in [0.29, 0.717) is 29.3 Å². The molecule has 0 amide bonds. The van der Waals surface area contributed by atoms with Crippen molar-refractivity contribution in [2.24, 2.45) is 17.3 Å². The molecular formula is C33H40N8O3. The van der Waals surface area contributed by atoms with Crippen molar-refractivity contribution in [1.82, 2.24) is 25.1 Å². The topological polar surface area (TPSA) is 131 Å². The van der Waals surface area contributed by atoms with E-state index < -0.39 is 5.97 Å². The van der Waals surface area contributed by atoms with E-state index in [1.165, 1.54) is 5.56 Å². The monoisotopic (exact) mass is 596 g/mol. The normalized spacial score (nSPS) is 30.1. The summed E-state index contributed by atoms with van der Waals surface area (Å²) in [6, 6.07) is 10.2. The highest BCUT2D eigenvalue weighted by Gasteiger charge is 2.60. The summed E-state index contributed by atoms with van der Waals surface area (Å²) in [6.45, 7) is 7.81. The molecule has 0 bridgehead atoms. The van der Waals surface area contributed by atoms with Gasteiger partial charge in [-0.05, 0) is 73.1 Å². The van der Waals surface area contributed by atoms with Crippen LogP contribution in [0.3, 0.4) is 0 Å². The number of para-hydroxylation sites is 1. The third kappa shape index (κ3) is 4.55. The zero-order valence-corrected chi connectivity index (χ0v) is 25.1. The molecule has 1 aromatic carbocycles. The number of rotatable bonds is 5. The van der Waals surface area contributed by atoms with Crippen molar-refractivity contribution >= 4 is 23.4 Å². The smallest absolute Gasteiger partial charge is 0.306 e. The Morgan fingerprint density at radius 3 is 2.50 bits per heavy atom. The van der Waals surface area contributed by atoms with Gasteiger partial charge in [0, 0.05) is 63.3 Å². The van der Waals surface area contributed by atoms with Crippen molar-refractivity contribution in [3.05, 3.63) is 48.3 Å². The number of piperazine rings is 1. The fourth-order valence-electron chi connectivity index (χ4n) is 8.67. The zero-order chi connectivity index (χ0) is 30.0. The van der Waals surface area contributed by atoms with Crippen molar-refractivity contribution < 1.29 is 15.0 Å². The average molecular weight is 597 g/mol. The summed E-state index contributed by atoms with van der Waals surface area (Å²) in [6.07, 6.45) is 9.15. The maximum Gasteiger partial charge on any atom is 0.306 e. The molecule has 2 aromatic heterocycles. The lowest BCUT2D eigenvalue weighted by Crippen LogP contribution is -2.61. The number of hydrogen-bond acceptors (Lipinski definition) is 10. The lowest BCUT2D eigenvalue weighted by Gasteiger charge is -2.61. The highest BCUT2D eigenvalue weighted by atomic mass is 16.4. The first-order chi connectivity index (χ1) is 21.4. The number of nitrogens with one attached hydrogen (secondary N) is 1. The number of carboxylic acids is 1. The molecule has 1 spiro atoms. The van der Waals surface area contributed by atoms with Crippen LogP contribution in [0, 0.1) is 17.3 Å². The molecule has 3 aromatic rings. The molecule has 44 heavy (non-hydrogen) atoms. The predicted molar refractivity (Wildman–Crippen MR) is 167 cm³/mol. The van der Waals surface area contributed by atoms with Gasteiger partial charge in [0.25, 0.3) is 0 Å². The van der Waals surface area contributed by atoms with Gasteiger partial charge < -0.3 is 25.3 Å². The summed E-state index contributed by atoms with van der Waals surface area (Å²) >= 11 is 0. The Kier molecular flexibility index (Phi) is 6.62. The van der Waals surface area contributed by atoms with Gasteiger partial charge in [-0.3, -0.25) is 9.69 Å². The largest absolute Gasteiger partial charge is 0.507 e. The van der Waals surface area contributed by atoms with Crippen LogP contribution in [0.5, 0.6) is 5.75 Å². The van der Waals surface area contributed by atoms with Crippen LogP contribution >= 0.6 is 0 Å². The maximum absolute atomic E-state index is 11.4. The Bertz CT molecular complexity index is 1550. The van der Waals surface area contributed by atoms with Crippen LogP contribution in [0.2, 0.25) is 0 Å². The van der Waals surface area contributed by atoms with Crippen LogP contribution in [0.25, 0.3) is 11.3 Å². The van der Waals surface area contributed by atoms with Gasteiger partial charge in [0.05, 0.1) is 23.3 Å². The summed E-state index contributed by atoms with van der Waals surface area (Å²) in [5, 5.41) is 32.0. The first kappa shape index (κ1) is 27.6. The molecule has 4 fully saturated rings. The number of fused-ring (bicyclic) bond motifs is 3. The number of carbonyl (C=O) groups is 1. The Morgan fingerprint density at radius 2 is 1.77 bits per heavy atom. The van der Waals surface area contributed by atoms with Crippen molar-refractivity contribution in [2.45, 2.75) is 57.0 Å². The van der Waals surface area contributed by atoms with E-state index in [0.717, 1.165) is 88.8 Å². The second-order valence-electron chi connectivity index (χ2n) is 13.6. The van der Waals surface area contributed by atoms with E-state index in [1.54, 1.807) is 6.07 Å². The van der Waals surface area contributed by atoms with Gasteiger partial charge in [-0.2, -0.15) is 0 Å². The summed E-state index contributed by atoms with van der Waals surface area (Å²) < 4.78 is 0. The lowest BCUT2D eigenvalue weighted by molar-refractivity contribution is -0.169. The Hall–Kier alpha value is -3.99. The molecule has 2 aliphatic carbocycles. The SMILES string of the molecule is C[C@H]1[C@@H](C(=O)O)CC12CC(c1cnc(N3CCC(N4CCN5c6cc(-c7ccccc7O)nnc6NC[C@H]5C4)CC3)nc1)C2. The molecule has 0 radical (unpaired) electrons. The Balaban J connectivity index is 0.854. The number of aromatic nitrogens is 4. The van der Waals surface area contributed by atoms with Gasteiger partial charge in [0.15, 0.2) is 5.82 Å². The minimum Gasteiger partial charge on any atom is -0.507 e. The van der Waals surface area contributed by atoms with Gasteiger partial charge in [-0.25, -0.2) is 9.97 Å². The highest BCUT2D eigenvalue weighted by Crippen LogP contribution is 2.67. The van der Waals surface area contributed by atoms with Crippen molar-refractivity contribution in [3.63, 3.8) is 0 Å². The van der Waals surface area contributed by atoms with Crippen LogP contribution in [-0.4, -0.2) is 92.6 Å². The number of piperidine rings is 1. The summed E-state index contributed by atoms with van der Waals surface area (Å²) in [5.41, 5.74) is 3.87. The number of aliphatic carboxylic acids is 1. The van der Waals surface area contributed by atoms with E-state index in [-0.39, 0.29) is 23.0 Å². The lowest BCUT2D eigenvalue weighted by atomic mass is 9.42. The second kappa shape index (κ2) is 10.6. The molecular weight excluding hydrogens is 556 g/mol. The number of nitrogens with zero attached hydrogens (tertiary/aromatic N) is 7. The van der Waals surface area contributed by atoms with Gasteiger partial charge in [-0.15, -0.1) is 10.2 Å². The molecule has 11 heteroatoms. The van der Waals surface area contributed by atoms with Gasteiger partial charge in [0.1, 0.15) is 5.75 Å². The molecule has 2 saturated carbocycles. The Morgan fingerprint density at radius 1 is 1.00 bits per heavy atom. The zero-order valence-electron chi connectivity index (χ0n) is 25.1. The minimum absolute atomic E-state index is 0.170. The molecule has 230 valence electrons. The van der Waals surface area contributed by atoms with Crippen LogP contribution in [-0.2, 0) is 4.79 Å². The number of hydrogen-bond donors (Lipinski definition) is 3. The first-order valence-corrected chi connectivity index (χ1v) is 16.1. The third-order valence-corrected chi connectivity index (χ3v) is 11.5. The number of phenols is 1. The van der Waals surface area contributed by atoms with E-state index in [2.05, 4.69) is 43.2 Å². The molecule has 0 unspecified atom stereocenters. The van der Waals surface area contributed by atoms with Crippen LogP contribution in [0.15, 0.2) is 42.7 Å². The predicted octanol–water partition coefficient (Wildman–Crippen LogP) is 3.83. The fraction of sp³-hybridized carbons (Fsp3) is 0.545. The van der Waals surface area contributed by atoms with Crippen LogP contribution in [0.4, 0.5) is 17.5 Å². The summed E-state index contributed by atoms with van der Waals surface area (Å²) in [4.78, 5) is 28.4. The van der Waals surface area contributed by atoms with E-state index in [1.807, 2.05) is 30.6 Å². The first-order valence-electron chi connectivity index (χ1n) is 16.1. The highest BCUT2D eigenvalue weighted by molar-refractivity contribution is 5.76. The molecule has 3 atom stereocenters. The molecule has 5 aliphatic rings. The van der Waals surface area contributed by atoms with Crippen LogP contribution < -0.4 is 15.1 Å². The molecule has 3 N–H and O–H groups in total. The standard InChI is InChI=1S/C33H40N8O3/c1-20-26(31(43)44)15-33(20)13-21(14-33)22-16-35-32(36-17-22)39-8-6-23(7-9-39)40-10-11-41-24(19-40)18-34-30-28(41)12-27(37-38-30)25-4-2-3-5-29(25)42/h2-5,12,16-17,20-21,23-24,26,42H,6-11,13-15,18-19H2,1H3,(H,34,38)(H,43,44)/t20-,21?,24-,26-,33?/m0/s1. The number of phenolic OH excluding ortho intramolecular Hbond substituents is 1. The van der Waals surface area contributed by atoms with Crippen molar-refractivity contribution in [3.8, 4) is 17.0 Å². The summed E-state index contributed by atoms with van der Waals surface area (Å²) in [5.74, 6) is 1.76. The van der Waals surface area contributed by atoms with Gasteiger partial charge >= 0.3 is 5.97 Å². The quantitative estimate of drug-likeness (QED) is 0.397. The van der Waals surface area contributed by atoms with Gasteiger partial charge in [-0.1, -0.05) is 19.1 Å². The number of carboxylic acid groups (broad SMARTS) is 1.